The average molecular weight is 296 g/mol. The topological polar surface area (TPSA) is 21.3 Å². The van der Waals surface area contributed by atoms with Gasteiger partial charge in [0.1, 0.15) is 5.75 Å². The molecule has 4 heteroatoms. The van der Waals surface area contributed by atoms with Crippen LogP contribution >= 0.6 is 22.9 Å². The van der Waals surface area contributed by atoms with Gasteiger partial charge in [-0.15, -0.1) is 11.3 Å². The second kappa shape index (κ2) is 6.94. The van der Waals surface area contributed by atoms with Crippen molar-refractivity contribution in [2.45, 2.75) is 19.4 Å². The molecule has 0 amide bonds. The molecule has 0 saturated carbocycles. The van der Waals surface area contributed by atoms with Crippen molar-refractivity contribution in [2.24, 2.45) is 0 Å². The van der Waals surface area contributed by atoms with E-state index in [0.717, 1.165) is 23.1 Å². The van der Waals surface area contributed by atoms with Crippen molar-refractivity contribution >= 4 is 22.9 Å². The summed E-state index contributed by atoms with van der Waals surface area (Å²) >= 11 is 7.52. The zero-order valence-electron chi connectivity index (χ0n) is 11.2. The summed E-state index contributed by atoms with van der Waals surface area (Å²) in [4.78, 5) is 0. The molecule has 102 valence electrons. The molecule has 1 unspecified atom stereocenters. The lowest BCUT2D eigenvalue weighted by molar-refractivity contribution is 0.414. The molecule has 19 heavy (non-hydrogen) atoms. The first kappa shape index (κ1) is 14.4. The SMILES string of the molecule is COc1cccc(CCNC(C)c2csc(Cl)c2)c1. The van der Waals surface area contributed by atoms with Crippen molar-refractivity contribution in [2.75, 3.05) is 13.7 Å². The van der Waals surface area contributed by atoms with Gasteiger partial charge in [0.2, 0.25) is 0 Å². The molecule has 1 N–H and O–H groups in total. The van der Waals surface area contributed by atoms with Crippen LogP contribution < -0.4 is 10.1 Å². The molecule has 1 atom stereocenters. The van der Waals surface area contributed by atoms with Gasteiger partial charge in [-0.25, -0.2) is 0 Å². The summed E-state index contributed by atoms with van der Waals surface area (Å²) in [6.45, 7) is 3.09. The Balaban J connectivity index is 1.82. The molecule has 0 spiro atoms. The lowest BCUT2D eigenvalue weighted by Gasteiger charge is -2.12. The Morgan fingerprint density at radius 1 is 1.37 bits per heavy atom. The molecular formula is C15H18ClNOS. The molecule has 0 aliphatic heterocycles. The number of ether oxygens (including phenoxy) is 1. The predicted molar refractivity (Wildman–Crippen MR) is 82.4 cm³/mol. The van der Waals surface area contributed by atoms with Crippen LogP contribution in [-0.2, 0) is 6.42 Å². The van der Waals surface area contributed by atoms with Crippen LogP contribution in [0.2, 0.25) is 4.34 Å². The Morgan fingerprint density at radius 2 is 2.21 bits per heavy atom. The number of halogens is 1. The Bertz CT molecular complexity index is 526. The number of hydrogen-bond donors (Lipinski definition) is 1. The Labute approximate surface area is 123 Å². The fraction of sp³-hybridized carbons (Fsp3) is 0.333. The van der Waals surface area contributed by atoms with Crippen LogP contribution in [0.3, 0.4) is 0 Å². The zero-order chi connectivity index (χ0) is 13.7. The normalized spacial score (nSPS) is 12.4. The van der Waals surface area contributed by atoms with E-state index in [2.05, 4.69) is 29.8 Å². The maximum atomic E-state index is 5.94. The highest BCUT2D eigenvalue weighted by Gasteiger charge is 2.06. The van der Waals surface area contributed by atoms with Gasteiger partial charge in [-0.1, -0.05) is 23.7 Å². The van der Waals surface area contributed by atoms with E-state index in [0.29, 0.717) is 6.04 Å². The number of benzene rings is 1. The summed E-state index contributed by atoms with van der Waals surface area (Å²) in [5, 5.41) is 5.61. The van der Waals surface area contributed by atoms with Gasteiger partial charge in [-0.05, 0) is 54.6 Å². The first-order valence-electron chi connectivity index (χ1n) is 6.29. The van der Waals surface area contributed by atoms with Gasteiger partial charge in [-0.3, -0.25) is 0 Å². The third-order valence-corrected chi connectivity index (χ3v) is 4.20. The fourth-order valence-corrected chi connectivity index (χ4v) is 2.91. The van der Waals surface area contributed by atoms with Crippen molar-refractivity contribution in [1.29, 1.82) is 0 Å². The highest BCUT2D eigenvalue weighted by atomic mass is 35.5. The summed E-state index contributed by atoms with van der Waals surface area (Å²) in [5.74, 6) is 0.912. The monoisotopic (exact) mass is 295 g/mol. The molecule has 2 aromatic rings. The third kappa shape index (κ3) is 4.23. The van der Waals surface area contributed by atoms with Crippen molar-refractivity contribution in [3.05, 3.63) is 51.2 Å². The zero-order valence-corrected chi connectivity index (χ0v) is 12.7. The van der Waals surface area contributed by atoms with Gasteiger partial charge in [0.05, 0.1) is 11.4 Å². The van der Waals surface area contributed by atoms with Crippen LogP contribution in [0.15, 0.2) is 35.7 Å². The second-order valence-electron chi connectivity index (χ2n) is 4.46. The molecule has 2 nitrogen and oxygen atoms in total. The number of nitrogens with one attached hydrogen (secondary N) is 1. The van der Waals surface area contributed by atoms with E-state index >= 15 is 0 Å². The standard InChI is InChI=1S/C15H18ClNOS/c1-11(13-9-15(16)19-10-13)17-7-6-12-4-3-5-14(8-12)18-2/h3-5,8-11,17H,6-7H2,1-2H3. The van der Waals surface area contributed by atoms with E-state index in [1.54, 1.807) is 18.4 Å². The smallest absolute Gasteiger partial charge is 0.119 e. The maximum absolute atomic E-state index is 5.94. The van der Waals surface area contributed by atoms with Crippen molar-refractivity contribution in [3.8, 4) is 5.75 Å². The van der Waals surface area contributed by atoms with Crippen LogP contribution in [-0.4, -0.2) is 13.7 Å². The predicted octanol–water partition coefficient (Wildman–Crippen LogP) is 4.30. The summed E-state index contributed by atoms with van der Waals surface area (Å²) < 4.78 is 6.06. The lowest BCUT2D eigenvalue weighted by atomic mass is 10.1. The minimum absolute atomic E-state index is 0.328. The van der Waals surface area contributed by atoms with Crippen molar-refractivity contribution < 1.29 is 4.74 Å². The Morgan fingerprint density at radius 3 is 2.89 bits per heavy atom. The van der Waals surface area contributed by atoms with E-state index < -0.39 is 0 Å². The van der Waals surface area contributed by atoms with Gasteiger partial charge in [0, 0.05) is 6.04 Å². The summed E-state index contributed by atoms with van der Waals surface area (Å²) in [6.07, 6.45) is 0.986. The van der Waals surface area contributed by atoms with Gasteiger partial charge in [0.25, 0.3) is 0 Å². The van der Waals surface area contributed by atoms with E-state index in [-0.39, 0.29) is 0 Å². The van der Waals surface area contributed by atoms with Crippen LogP contribution in [0, 0.1) is 0 Å². The Hall–Kier alpha value is -1.03. The molecule has 0 radical (unpaired) electrons. The molecule has 0 bridgehead atoms. The third-order valence-electron chi connectivity index (χ3n) is 3.09. The largest absolute Gasteiger partial charge is 0.497 e. The van der Waals surface area contributed by atoms with Crippen LogP contribution in [0.4, 0.5) is 0 Å². The molecule has 1 aromatic heterocycles. The fourth-order valence-electron chi connectivity index (χ4n) is 1.93. The molecule has 1 heterocycles. The summed E-state index contributed by atoms with van der Waals surface area (Å²) in [7, 11) is 1.69. The molecule has 0 fully saturated rings. The molecular weight excluding hydrogens is 278 g/mol. The molecule has 0 aliphatic rings. The highest BCUT2D eigenvalue weighted by molar-refractivity contribution is 7.14. The Kier molecular flexibility index (Phi) is 5.25. The van der Waals surface area contributed by atoms with Crippen LogP contribution in [0.5, 0.6) is 5.75 Å². The van der Waals surface area contributed by atoms with E-state index in [1.807, 2.05) is 18.2 Å². The number of rotatable bonds is 6. The van der Waals surface area contributed by atoms with E-state index in [9.17, 15) is 0 Å². The number of hydrogen-bond acceptors (Lipinski definition) is 3. The van der Waals surface area contributed by atoms with Crippen LogP contribution in [0.25, 0.3) is 0 Å². The molecule has 2 rings (SSSR count). The minimum Gasteiger partial charge on any atom is -0.497 e. The first-order chi connectivity index (χ1) is 9.19. The van der Waals surface area contributed by atoms with Gasteiger partial charge in [0.15, 0.2) is 0 Å². The minimum atomic E-state index is 0.328. The number of methoxy groups -OCH3 is 1. The number of thiophene rings is 1. The molecule has 1 aromatic carbocycles. The first-order valence-corrected chi connectivity index (χ1v) is 7.55. The van der Waals surface area contributed by atoms with Crippen molar-refractivity contribution in [1.82, 2.24) is 5.32 Å². The second-order valence-corrected chi connectivity index (χ2v) is 6.00. The summed E-state index contributed by atoms with van der Waals surface area (Å²) in [6, 6.07) is 10.5. The summed E-state index contributed by atoms with van der Waals surface area (Å²) in [5.41, 5.74) is 2.53. The van der Waals surface area contributed by atoms with Gasteiger partial charge in [-0.2, -0.15) is 0 Å². The quantitative estimate of drug-likeness (QED) is 0.858. The lowest BCUT2D eigenvalue weighted by Crippen LogP contribution is -2.20. The van der Waals surface area contributed by atoms with Gasteiger partial charge < -0.3 is 10.1 Å². The molecule has 0 saturated heterocycles. The molecule has 0 aliphatic carbocycles. The van der Waals surface area contributed by atoms with Gasteiger partial charge >= 0.3 is 0 Å². The van der Waals surface area contributed by atoms with E-state index in [4.69, 9.17) is 16.3 Å². The highest BCUT2D eigenvalue weighted by Crippen LogP contribution is 2.24. The van der Waals surface area contributed by atoms with Crippen molar-refractivity contribution in [3.63, 3.8) is 0 Å². The maximum Gasteiger partial charge on any atom is 0.119 e. The average Bonchev–Trinajstić information content (AvgIpc) is 2.86. The van der Waals surface area contributed by atoms with Crippen LogP contribution in [0.1, 0.15) is 24.1 Å². The van der Waals surface area contributed by atoms with E-state index in [1.165, 1.54) is 11.1 Å².